The number of hydrogen-bond acceptors (Lipinski definition) is 0. The molecular weight excluding hydrogens is 458 g/mol. The van der Waals surface area contributed by atoms with E-state index in [-0.39, 0.29) is 0 Å². The van der Waals surface area contributed by atoms with Crippen molar-refractivity contribution in [2.24, 2.45) is 0 Å². The predicted molar refractivity (Wildman–Crippen MR) is 154 cm³/mol. The minimum atomic E-state index is 0.752. The number of benzene rings is 6. The lowest BCUT2D eigenvalue weighted by Crippen LogP contribution is -1.98. The van der Waals surface area contributed by atoms with Crippen molar-refractivity contribution in [2.75, 3.05) is 0 Å². The minimum absolute atomic E-state index is 0.752. The minimum Gasteiger partial charge on any atom is -0.309 e. The molecule has 0 saturated carbocycles. The fraction of sp³-hybridized carbons (Fsp3) is 0. The lowest BCUT2D eigenvalue weighted by molar-refractivity contribution is 1.19. The van der Waals surface area contributed by atoms with Crippen LogP contribution in [0.25, 0.3) is 60.5 Å². The van der Waals surface area contributed by atoms with Gasteiger partial charge in [-0.15, -0.1) is 0 Å². The first-order valence-corrected chi connectivity index (χ1v) is 12.5. The molecule has 6 aromatic carbocycles. The Bertz CT molecular complexity index is 1820. The summed E-state index contributed by atoms with van der Waals surface area (Å²) in [6.07, 6.45) is 0. The van der Waals surface area contributed by atoms with Gasteiger partial charge in [0.1, 0.15) is 0 Å². The van der Waals surface area contributed by atoms with Crippen LogP contribution < -0.4 is 0 Å². The fourth-order valence-electron chi connectivity index (χ4n) is 5.40. The topological polar surface area (TPSA) is 4.93 Å². The van der Waals surface area contributed by atoms with E-state index < -0.39 is 0 Å². The molecule has 0 aliphatic heterocycles. The van der Waals surface area contributed by atoms with Crippen molar-refractivity contribution in [2.45, 2.75) is 0 Å². The molecule has 1 nitrogen and oxygen atoms in total. The van der Waals surface area contributed by atoms with Crippen molar-refractivity contribution < 1.29 is 0 Å². The molecular formula is C34H22ClN. The van der Waals surface area contributed by atoms with E-state index in [1.54, 1.807) is 0 Å². The molecule has 0 saturated heterocycles. The Hall–Kier alpha value is -4.33. The second-order valence-electron chi connectivity index (χ2n) is 9.13. The third kappa shape index (κ3) is 3.32. The normalized spacial score (nSPS) is 11.5. The molecule has 0 radical (unpaired) electrons. The van der Waals surface area contributed by atoms with Gasteiger partial charge in [0.05, 0.1) is 16.7 Å². The van der Waals surface area contributed by atoms with Crippen LogP contribution in [0.2, 0.25) is 5.02 Å². The lowest BCUT2D eigenvalue weighted by Gasteiger charge is -2.17. The van der Waals surface area contributed by atoms with Gasteiger partial charge in [-0.2, -0.15) is 0 Å². The molecule has 170 valence electrons. The molecule has 0 aliphatic carbocycles. The number of fused-ring (bicyclic) bond motifs is 4. The Morgan fingerprint density at radius 1 is 0.417 bits per heavy atom. The van der Waals surface area contributed by atoms with Crippen molar-refractivity contribution in [3.63, 3.8) is 0 Å². The van der Waals surface area contributed by atoms with Gasteiger partial charge in [0.15, 0.2) is 0 Å². The molecule has 0 unspecified atom stereocenters. The third-order valence-corrected chi connectivity index (χ3v) is 7.33. The van der Waals surface area contributed by atoms with Gasteiger partial charge in [0.25, 0.3) is 0 Å². The number of hydrogen-bond donors (Lipinski definition) is 0. The molecule has 0 aliphatic rings. The second kappa shape index (κ2) is 8.41. The van der Waals surface area contributed by atoms with Crippen LogP contribution in [0.1, 0.15) is 0 Å². The molecule has 36 heavy (non-hydrogen) atoms. The highest BCUT2D eigenvalue weighted by Crippen LogP contribution is 2.40. The number of para-hydroxylation sites is 2. The first kappa shape index (κ1) is 21.0. The van der Waals surface area contributed by atoms with Gasteiger partial charge in [-0.05, 0) is 57.8 Å². The van der Waals surface area contributed by atoms with E-state index in [1.165, 1.54) is 55.0 Å². The van der Waals surface area contributed by atoms with E-state index in [4.69, 9.17) is 11.6 Å². The summed E-state index contributed by atoms with van der Waals surface area (Å²) < 4.78 is 2.42. The van der Waals surface area contributed by atoms with Gasteiger partial charge in [-0.1, -0.05) is 115 Å². The number of nitrogens with zero attached hydrogens (tertiary/aromatic N) is 1. The van der Waals surface area contributed by atoms with Crippen LogP contribution in [0, 0.1) is 0 Å². The summed E-state index contributed by atoms with van der Waals surface area (Å²) in [5.41, 5.74) is 8.38. The molecule has 0 atom stereocenters. The standard InChI is InChI=1S/C34H22ClN/c35-27-20-17-24(18-21-27)23-13-15-26(16-14-23)34-28-8-2-1-7-25(28)19-22-33(34)36-31-11-5-3-9-29(31)30-10-4-6-12-32(30)36/h1-22H. The zero-order valence-electron chi connectivity index (χ0n) is 19.5. The van der Waals surface area contributed by atoms with Crippen molar-refractivity contribution in [1.82, 2.24) is 4.57 Å². The molecule has 0 spiro atoms. The molecule has 1 aromatic heterocycles. The lowest BCUT2D eigenvalue weighted by atomic mass is 9.94. The average molecular weight is 480 g/mol. The molecule has 7 rings (SSSR count). The van der Waals surface area contributed by atoms with Gasteiger partial charge in [0.2, 0.25) is 0 Å². The Morgan fingerprint density at radius 3 is 1.56 bits per heavy atom. The fourth-order valence-corrected chi connectivity index (χ4v) is 5.53. The van der Waals surface area contributed by atoms with E-state index >= 15 is 0 Å². The van der Waals surface area contributed by atoms with E-state index in [0.717, 1.165) is 10.6 Å². The first-order chi connectivity index (χ1) is 17.8. The maximum Gasteiger partial charge on any atom is 0.0547 e. The van der Waals surface area contributed by atoms with E-state index in [9.17, 15) is 0 Å². The predicted octanol–water partition coefficient (Wildman–Crippen LogP) is 9.92. The summed E-state index contributed by atoms with van der Waals surface area (Å²) in [6.45, 7) is 0. The van der Waals surface area contributed by atoms with Gasteiger partial charge in [-0.3, -0.25) is 0 Å². The van der Waals surface area contributed by atoms with Gasteiger partial charge in [0, 0.05) is 21.4 Å². The summed E-state index contributed by atoms with van der Waals surface area (Å²) >= 11 is 6.11. The second-order valence-corrected chi connectivity index (χ2v) is 9.57. The molecule has 7 aromatic rings. The summed E-state index contributed by atoms with van der Waals surface area (Å²) in [6, 6.07) is 47.4. The Balaban J connectivity index is 1.51. The Labute approximate surface area is 214 Å². The zero-order valence-corrected chi connectivity index (χ0v) is 20.3. The van der Waals surface area contributed by atoms with Crippen LogP contribution in [0.4, 0.5) is 0 Å². The van der Waals surface area contributed by atoms with Crippen molar-refractivity contribution in [3.8, 4) is 27.9 Å². The van der Waals surface area contributed by atoms with Crippen LogP contribution in [0.3, 0.4) is 0 Å². The highest BCUT2D eigenvalue weighted by Gasteiger charge is 2.17. The van der Waals surface area contributed by atoms with E-state index in [2.05, 4.69) is 126 Å². The van der Waals surface area contributed by atoms with Crippen molar-refractivity contribution in [1.29, 1.82) is 0 Å². The highest BCUT2D eigenvalue weighted by molar-refractivity contribution is 6.30. The maximum atomic E-state index is 6.11. The molecule has 2 heteroatoms. The average Bonchev–Trinajstić information content (AvgIpc) is 3.27. The van der Waals surface area contributed by atoms with E-state index in [0.29, 0.717) is 0 Å². The first-order valence-electron chi connectivity index (χ1n) is 12.1. The quantitative estimate of drug-likeness (QED) is 0.237. The molecule has 1 heterocycles. The van der Waals surface area contributed by atoms with Crippen molar-refractivity contribution >= 4 is 44.2 Å². The van der Waals surface area contributed by atoms with Crippen LogP contribution in [-0.2, 0) is 0 Å². The molecule has 0 amide bonds. The van der Waals surface area contributed by atoms with E-state index in [1.807, 2.05) is 12.1 Å². The maximum absolute atomic E-state index is 6.11. The van der Waals surface area contributed by atoms with Crippen LogP contribution in [-0.4, -0.2) is 4.57 Å². The van der Waals surface area contributed by atoms with Crippen molar-refractivity contribution in [3.05, 3.63) is 138 Å². The monoisotopic (exact) mass is 479 g/mol. The van der Waals surface area contributed by atoms with Crippen LogP contribution >= 0.6 is 11.6 Å². The summed E-state index contributed by atoms with van der Waals surface area (Å²) in [4.78, 5) is 0. The summed E-state index contributed by atoms with van der Waals surface area (Å²) in [7, 11) is 0. The SMILES string of the molecule is Clc1ccc(-c2ccc(-c3c(-n4c5ccccc5c5ccccc54)ccc4ccccc34)cc2)cc1. The number of aromatic nitrogens is 1. The third-order valence-electron chi connectivity index (χ3n) is 7.08. The highest BCUT2D eigenvalue weighted by atomic mass is 35.5. The molecule has 0 N–H and O–H groups in total. The number of rotatable bonds is 3. The smallest absolute Gasteiger partial charge is 0.0547 e. The Morgan fingerprint density at radius 2 is 0.917 bits per heavy atom. The molecule has 0 fully saturated rings. The largest absolute Gasteiger partial charge is 0.309 e. The van der Waals surface area contributed by atoms with Gasteiger partial charge < -0.3 is 4.57 Å². The van der Waals surface area contributed by atoms with Gasteiger partial charge in [-0.25, -0.2) is 0 Å². The zero-order chi connectivity index (χ0) is 24.1. The Kier molecular flexibility index (Phi) is 4.90. The molecule has 0 bridgehead atoms. The summed E-state index contributed by atoms with van der Waals surface area (Å²) in [5.74, 6) is 0. The van der Waals surface area contributed by atoms with Crippen LogP contribution in [0.5, 0.6) is 0 Å². The number of halogens is 1. The van der Waals surface area contributed by atoms with Crippen LogP contribution in [0.15, 0.2) is 133 Å². The van der Waals surface area contributed by atoms with Gasteiger partial charge >= 0.3 is 0 Å². The summed E-state index contributed by atoms with van der Waals surface area (Å²) in [5, 5.41) is 5.77.